The van der Waals surface area contributed by atoms with E-state index in [0.29, 0.717) is 29.7 Å². The van der Waals surface area contributed by atoms with Gasteiger partial charge in [-0.05, 0) is 51.9 Å². The first-order valence-electron chi connectivity index (χ1n) is 7.77. The van der Waals surface area contributed by atoms with Crippen LogP contribution >= 0.6 is 11.6 Å². The van der Waals surface area contributed by atoms with Crippen LogP contribution in [0.2, 0.25) is 5.02 Å². The minimum atomic E-state index is 0.0109. The van der Waals surface area contributed by atoms with E-state index in [-0.39, 0.29) is 11.6 Å². The standard InChI is InChI=1S/C17H29ClN2O2/c1-7-20(17(3,4)5)14(11-19)12-9-13(18)16(21-6)15(10-12)22-8-2/h9-10,14H,7-8,11,19H2,1-6H3. The monoisotopic (exact) mass is 328 g/mol. The molecular weight excluding hydrogens is 300 g/mol. The van der Waals surface area contributed by atoms with Crippen molar-refractivity contribution in [2.24, 2.45) is 5.73 Å². The van der Waals surface area contributed by atoms with Gasteiger partial charge in [0.05, 0.1) is 18.7 Å². The summed E-state index contributed by atoms with van der Waals surface area (Å²) in [7, 11) is 1.59. The highest BCUT2D eigenvalue weighted by Crippen LogP contribution is 2.39. The Kier molecular flexibility index (Phi) is 6.98. The Hall–Kier alpha value is -0.970. The molecule has 1 rings (SSSR count). The lowest BCUT2D eigenvalue weighted by molar-refractivity contribution is 0.0917. The lowest BCUT2D eigenvalue weighted by Gasteiger charge is -2.41. The van der Waals surface area contributed by atoms with E-state index < -0.39 is 0 Å². The quantitative estimate of drug-likeness (QED) is 0.825. The SMILES string of the molecule is CCOc1cc(C(CN)N(CC)C(C)(C)C)cc(Cl)c1OC. The van der Waals surface area contributed by atoms with E-state index in [1.165, 1.54) is 0 Å². The minimum Gasteiger partial charge on any atom is -0.491 e. The van der Waals surface area contributed by atoms with Gasteiger partial charge in [-0.15, -0.1) is 0 Å². The maximum absolute atomic E-state index is 6.37. The Labute approximate surface area is 139 Å². The molecular formula is C17H29ClN2O2. The van der Waals surface area contributed by atoms with Gasteiger partial charge in [0, 0.05) is 18.1 Å². The fourth-order valence-electron chi connectivity index (χ4n) is 2.85. The molecule has 0 fully saturated rings. The normalized spacial score (nSPS) is 13.3. The Morgan fingerprint density at radius 1 is 1.27 bits per heavy atom. The first-order chi connectivity index (χ1) is 10.3. The van der Waals surface area contributed by atoms with Crippen LogP contribution in [0, 0.1) is 0 Å². The Morgan fingerprint density at radius 2 is 1.91 bits per heavy atom. The molecule has 22 heavy (non-hydrogen) atoms. The smallest absolute Gasteiger partial charge is 0.179 e. The summed E-state index contributed by atoms with van der Waals surface area (Å²) >= 11 is 6.37. The molecule has 0 amide bonds. The van der Waals surface area contributed by atoms with E-state index in [2.05, 4.69) is 32.6 Å². The fraction of sp³-hybridized carbons (Fsp3) is 0.647. The summed E-state index contributed by atoms with van der Waals surface area (Å²) in [6, 6.07) is 3.99. The molecule has 0 aliphatic rings. The highest BCUT2D eigenvalue weighted by molar-refractivity contribution is 6.32. The summed E-state index contributed by atoms with van der Waals surface area (Å²) < 4.78 is 11.0. The number of likely N-dealkylation sites (N-methyl/N-ethyl adjacent to an activating group) is 1. The lowest BCUT2D eigenvalue weighted by atomic mass is 9.97. The zero-order chi connectivity index (χ0) is 16.9. The number of hydrogen-bond acceptors (Lipinski definition) is 4. The van der Waals surface area contributed by atoms with Crippen LogP contribution < -0.4 is 15.2 Å². The molecule has 0 aliphatic heterocycles. The number of hydrogen-bond donors (Lipinski definition) is 1. The maximum atomic E-state index is 6.37. The third-order valence-electron chi connectivity index (χ3n) is 3.72. The number of rotatable bonds is 7. The second-order valence-corrected chi connectivity index (χ2v) is 6.58. The number of halogens is 1. The van der Waals surface area contributed by atoms with Crippen molar-refractivity contribution in [1.82, 2.24) is 4.90 Å². The number of nitrogens with two attached hydrogens (primary N) is 1. The predicted octanol–water partition coefficient (Wildman–Crippen LogP) is 3.87. The van der Waals surface area contributed by atoms with E-state index in [1.54, 1.807) is 7.11 Å². The summed E-state index contributed by atoms with van der Waals surface area (Å²) in [6.07, 6.45) is 0. The van der Waals surface area contributed by atoms with Crippen molar-refractivity contribution < 1.29 is 9.47 Å². The molecule has 0 radical (unpaired) electrons. The van der Waals surface area contributed by atoms with Gasteiger partial charge in [-0.2, -0.15) is 0 Å². The van der Waals surface area contributed by atoms with Crippen LogP contribution in [-0.2, 0) is 0 Å². The predicted molar refractivity (Wildman–Crippen MR) is 93.1 cm³/mol. The van der Waals surface area contributed by atoms with Crippen molar-refractivity contribution in [3.63, 3.8) is 0 Å². The molecule has 0 heterocycles. The Bertz CT molecular complexity index is 486. The molecule has 1 aromatic carbocycles. The molecule has 0 aromatic heterocycles. The molecule has 1 atom stereocenters. The molecule has 4 nitrogen and oxygen atoms in total. The largest absolute Gasteiger partial charge is 0.491 e. The first-order valence-corrected chi connectivity index (χ1v) is 8.14. The molecule has 0 spiro atoms. The molecule has 1 unspecified atom stereocenters. The van der Waals surface area contributed by atoms with Crippen LogP contribution in [0.3, 0.4) is 0 Å². The molecule has 2 N–H and O–H groups in total. The number of benzene rings is 1. The first kappa shape index (κ1) is 19.1. The second-order valence-electron chi connectivity index (χ2n) is 6.18. The van der Waals surface area contributed by atoms with Gasteiger partial charge >= 0.3 is 0 Å². The van der Waals surface area contributed by atoms with E-state index in [1.807, 2.05) is 19.1 Å². The van der Waals surface area contributed by atoms with Crippen molar-refractivity contribution in [3.8, 4) is 11.5 Å². The molecule has 0 saturated carbocycles. The summed E-state index contributed by atoms with van der Waals surface area (Å²) in [4.78, 5) is 2.36. The van der Waals surface area contributed by atoms with Gasteiger partial charge in [-0.1, -0.05) is 18.5 Å². The average molecular weight is 329 g/mol. The van der Waals surface area contributed by atoms with E-state index in [0.717, 1.165) is 12.1 Å². The molecule has 126 valence electrons. The van der Waals surface area contributed by atoms with Gasteiger partial charge < -0.3 is 15.2 Å². The van der Waals surface area contributed by atoms with Gasteiger partial charge in [0.1, 0.15) is 0 Å². The third kappa shape index (κ3) is 4.28. The third-order valence-corrected chi connectivity index (χ3v) is 4.00. The zero-order valence-corrected chi connectivity index (χ0v) is 15.3. The summed E-state index contributed by atoms with van der Waals surface area (Å²) in [5.74, 6) is 1.23. The summed E-state index contributed by atoms with van der Waals surface area (Å²) in [6.45, 7) is 12.6. The highest BCUT2D eigenvalue weighted by Gasteiger charge is 2.29. The van der Waals surface area contributed by atoms with E-state index in [9.17, 15) is 0 Å². The maximum Gasteiger partial charge on any atom is 0.179 e. The van der Waals surface area contributed by atoms with Gasteiger partial charge in [0.25, 0.3) is 0 Å². The Balaban J connectivity index is 3.33. The van der Waals surface area contributed by atoms with Crippen molar-refractivity contribution in [3.05, 3.63) is 22.7 Å². The van der Waals surface area contributed by atoms with Crippen LogP contribution in [0.1, 0.15) is 46.2 Å². The summed E-state index contributed by atoms with van der Waals surface area (Å²) in [5, 5.41) is 0.548. The second kappa shape index (κ2) is 8.04. The van der Waals surface area contributed by atoms with Crippen LogP contribution in [-0.4, -0.2) is 37.2 Å². The summed E-state index contributed by atoms with van der Waals surface area (Å²) in [5.41, 5.74) is 7.13. The topological polar surface area (TPSA) is 47.7 Å². The van der Waals surface area contributed by atoms with Crippen molar-refractivity contribution in [2.75, 3.05) is 26.8 Å². The van der Waals surface area contributed by atoms with Crippen LogP contribution in [0.4, 0.5) is 0 Å². The number of nitrogens with zero attached hydrogens (tertiary/aromatic N) is 1. The van der Waals surface area contributed by atoms with Crippen molar-refractivity contribution in [2.45, 2.75) is 46.2 Å². The molecule has 0 bridgehead atoms. The van der Waals surface area contributed by atoms with Crippen LogP contribution in [0.5, 0.6) is 11.5 Å². The zero-order valence-electron chi connectivity index (χ0n) is 14.6. The van der Waals surface area contributed by atoms with Gasteiger partial charge in [0.2, 0.25) is 0 Å². The van der Waals surface area contributed by atoms with Crippen molar-refractivity contribution >= 4 is 11.6 Å². The van der Waals surface area contributed by atoms with Gasteiger partial charge in [-0.25, -0.2) is 0 Å². The Morgan fingerprint density at radius 3 is 2.32 bits per heavy atom. The molecule has 1 aromatic rings. The van der Waals surface area contributed by atoms with Crippen LogP contribution in [0.25, 0.3) is 0 Å². The minimum absolute atomic E-state index is 0.0109. The van der Waals surface area contributed by atoms with Gasteiger partial charge in [-0.3, -0.25) is 4.90 Å². The van der Waals surface area contributed by atoms with Gasteiger partial charge in [0.15, 0.2) is 11.5 Å². The average Bonchev–Trinajstić information content (AvgIpc) is 2.43. The van der Waals surface area contributed by atoms with Crippen molar-refractivity contribution in [1.29, 1.82) is 0 Å². The molecule has 0 saturated heterocycles. The molecule has 0 aliphatic carbocycles. The molecule has 5 heteroatoms. The van der Waals surface area contributed by atoms with E-state index >= 15 is 0 Å². The number of ether oxygens (including phenoxy) is 2. The number of methoxy groups -OCH3 is 1. The van der Waals surface area contributed by atoms with Crippen LogP contribution in [0.15, 0.2) is 12.1 Å². The fourth-order valence-corrected chi connectivity index (χ4v) is 3.14. The lowest BCUT2D eigenvalue weighted by Crippen LogP contribution is -2.46. The highest BCUT2D eigenvalue weighted by atomic mass is 35.5. The van der Waals surface area contributed by atoms with E-state index in [4.69, 9.17) is 26.8 Å².